The second-order valence-corrected chi connectivity index (χ2v) is 5.24. The van der Waals surface area contributed by atoms with Gasteiger partial charge < -0.3 is 29.0 Å². The van der Waals surface area contributed by atoms with Crippen molar-refractivity contribution in [3.8, 4) is 0 Å². The summed E-state index contributed by atoms with van der Waals surface area (Å²) in [7, 11) is 0. The number of rotatable bonds is 18. The van der Waals surface area contributed by atoms with E-state index < -0.39 is 0 Å². The molecule has 0 aliphatic rings. The van der Waals surface area contributed by atoms with Crippen LogP contribution in [0.5, 0.6) is 0 Å². The third-order valence-corrected chi connectivity index (χ3v) is 2.67. The Labute approximate surface area is 135 Å². The highest BCUT2D eigenvalue weighted by Gasteiger charge is 1.94. The lowest BCUT2D eigenvalue weighted by Gasteiger charge is -2.09. The van der Waals surface area contributed by atoms with E-state index in [4.69, 9.17) is 23.7 Å². The van der Waals surface area contributed by atoms with E-state index in [9.17, 15) is 0 Å². The molecule has 0 spiro atoms. The molecule has 0 unspecified atom stereocenters. The quantitative estimate of drug-likeness (QED) is 0.384. The van der Waals surface area contributed by atoms with Crippen LogP contribution in [0.4, 0.5) is 0 Å². The first-order valence-electron chi connectivity index (χ1n) is 8.36. The summed E-state index contributed by atoms with van der Waals surface area (Å²) in [6.45, 7) is 14.6. The van der Waals surface area contributed by atoms with Crippen LogP contribution in [0.15, 0.2) is 0 Å². The topological polar surface area (TPSA) is 58.2 Å². The van der Waals surface area contributed by atoms with Crippen LogP contribution >= 0.6 is 0 Å². The van der Waals surface area contributed by atoms with Gasteiger partial charge in [-0.05, 0) is 19.4 Å². The first-order valence-corrected chi connectivity index (χ1v) is 8.36. The van der Waals surface area contributed by atoms with E-state index >= 15 is 0 Å². The summed E-state index contributed by atoms with van der Waals surface area (Å²) < 4.78 is 26.7. The molecule has 0 heterocycles. The van der Waals surface area contributed by atoms with Gasteiger partial charge in [0.05, 0.1) is 59.5 Å². The van der Waals surface area contributed by atoms with Crippen molar-refractivity contribution < 1.29 is 23.7 Å². The van der Waals surface area contributed by atoms with Crippen LogP contribution in [-0.2, 0) is 23.7 Å². The molecule has 0 aliphatic heterocycles. The van der Waals surface area contributed by atoms with Gasteiger partial charge in [0.1, 0.15) is 0 Å². The molecule has 0 saturated heterocycles. The zero-order valence-electron chi connectivity index (χ0n) is 14.6. The van der Waals surface area contributed by atoms with E-state index in [0.717, 1.165) is 26.3 Å². The molecule has 6 heteroatoms. The van der Waals surface area contributed by atoms with Crippen LogP contribution in [-0.4, -0.2) is 79.2 Å². The smallest absolute Gasteiger partial charge is 0.0701 e. The van der Waals surface area contributed by atoms with Gasteiger partial charge in [0.2, 0.25) is 0 Å². The molecule has 0 aromatic carbocycles. The van der Waals surface area contributed by atoms with Crippen LogP contribution in [0.3, 0.4) is 0 Å². The molecular formula is C16H35NO5. The first-order chi connectivity index (χ1) is 10.8. The third-order valence-electron chi connectivity index (χ3n) is 2.67. The van der Waals surface area contributed by atoms with E-state index in [2.05, 4.69) is 19.2 Å². The van der Waals surface area contributed by atoms with E-state index in [1.807, 2.05) is 6.92 Å². The molecule has 0 bridgehead atoms. The standard InChI is InChI=1S/C16H35NO5/c1-4-18-7-8-20-11-12-22-14-13-21-10-9-19-6-5-17-15-16(2)3/h16-17H,4-15H2,1-3H3. The Kier molecular flexibility index (Phi) is 18.6. The minimum Gasteiger partial charge on any atom is -0.379 e. The average molecular weight is 321 g/mol. The lowest BCUT2D eigenvalue weighted by atomic mass is 10.2. The van der Waals surface area contributed by atoms with Crippen LogP contribution < -0.4 is 5.32 Å². The Hall–Kier alpha value is -0.240. The molecule has 0 radical (unpaired) electrons. The van der Waals surface area contributed by atoms with Gasteiger partial charge in [0, 0.05) is 13.2 Å². The van der Waals surface area contributed by atoms with E-state index in [0.29, 0.717) is 58.8 Å². The Balaban J connectivity index is 2.94. The molecule has 1 N–H and O–H groups in total. The van der Waals surface area contributed by atoms with Gasteiger partial charge in [-0.15, -0.1) is 0 Å². The summed E-state index contributed by atoms with van der Waals surface area (Å²) >= 11 is 0. The van der Waals surface area contributed by atoms with Gasteiger partial charge in [0.15, 0.2) is 0 Å². The molecule has 0 amide bonds. The van der Waals surface area contributed by atoms with Crippen molar-refractivity contribution in [3.63, 3.8) is 0 Å². The second kappa shape index (κ2) is 18.8. The van der Waals surface area contributed by atoms with Crippen molar-refractivity contribution in [1.82, 2.24) is 5.32 Å². The highest BCUT2D eigenvalue weighted by atomic mass is 16.6. The zero-order chi connectivity index (χ0) is 16.3. The van der Waals surface area contributed by atoms with Gasteiger partial charge in [-0.1, -0.05) is 13.8 Å². The largest absolute Gasteiger partial charge is 0.379 e. The lowest BCUT2D eigenvalue weighted by Crippen LogP contribution is -2.24. The third kappa shape index (κ3) is 19.8. The average Bonchev–Trinajstić information content (AvgIpc) is 2.50. The predicted molar refractivity (Wildman–Crippen MR) is 87.5 cm³/mol. The Morgan fingerprint density at radius 3 is 1.45 bits per heavy atom. The highest BCUT2D eigenvalue weighted by molar-refractivity contribution is 4.49. The molecule has 6 nitrogen and oxygen atoms in total. The summed E-state index contributed by atoms with van der Waals surface area (Å²) in [5.41, 5.74) is 0. The fraction of sp³-hybridized carbons (Fsp3) is 1.00. The summed E-state index contributed by atoms with van der Waals surface area (Å²) in [4.78, 5) is 0. The minimum atomic E-state index is 0.588. The monoisotopic (exact) mass is 321 g/mol. The van der Waals surface area contributed by atoms with Gasteiger partial charge in [-0.2, -0.15) is 0 Å². The molecule has 22 heavy (non-hydrogen) atoms. The fourth-order valence-corrected chi connectivity index (χ4v) is 1.56. The Morgan fingerprint density at radius 1 is 0.636 bits per heavy atom. The molecule has 0 rings (SSSR count). The van der Waals surface area contributed by atoms with Crippen LogP contribution in [0, 0.1) is 5.92 Å². The van der Waals surface area contributed by atoms with E-state index in [1.165, 1.54) is 0 Å². The van der Waals surface area contributed by atoms with Gasteiger partial charge in [0.25, 0.3) is 0 Å². The molecule has 0 atom stereocenters. The second-order valence-electron chi connectivity index (χ2n) is 5.24. The SMILES string of the molecule is CCOCCOCCOCCOCCOCCNCC(C)C. The molecule has 0 fully saturated rings. The number of ether oxygens (including phenoxy) is 5. The van der Waals surface area contributed by atoms with Crippen molar-refractivity contribution in [1.29, 1.82) is 0 Å². The normalized spacial score (nSPS) is 11.5. The summed E-state index contributed by atoms with van der Waals surface area (Å²) in [5.74, 6) is 0.679. The number of hydrogen-bond acceptors (Lipinski definition) is 6. The van der Waals surface area contributed by atoms with E-state index in [1.54, 1.807) is 0 Å². The fourth-order valence-electron chi connectivity index (χ4n) is 1.56. The summed E-state index contributed by atoms with van der Waals surface area (Å²) in [6, 6.07) is 0. The number of nitrogens with one attached hydrogen (secondary N) is 1. The maximum Gasteiger partial charge on any atom is 0.0701 e. The van der Waals surface area contributed by atoms with Crippen molar-refractivity contribution in [2.45, 2.75) is 20.8 Å². The molecular weight excluding hydrogens is 286 g/mol. The Morgan fingerprint density at radius 2 is 1.05 bits per heavy atom. The van der Waals surface area contributed by atoms with E-state index in [-0.39, 0.29) is 0 Å². The maximum absolute atomic E-state index is 5.45. The van der Waals surface area contributed by atoms with Crippen molar-refractivity contribution >= 4 is 0 Å². The molecule has 0 aromatic rings. The predicted octanol–water partition coefficient (Wildman–Crippen LogP) is 1.33. The van der Waals surface area contributed by atoms with Crippen molar-refractivity contribution in [3.05, 3.63) is 0 Å². The van der Waals surface area contributed by atoms with Crippen LogP contribution in [0.25, 0.3) is 0 Å². The molecule has 0 aromatic heterocycles. The Bertz CT molecular complexity index is 205. The minimum absolute atomic E-state index is 0.588. The lowest BCUT2D eigenvalue weighted by molar-refractivity contribution is -0.00996. The van der Waals surface area contributed by atoms with Gasteiger partial charge >= 0.3 is 0 Å². The first kappa shape index (κ1) is 21.8. The van der Waals surface area contributed by atoms with Crippen LogP contribution in [0.2, 0.25) is 0 Å². The zero-order valence-corrected chi connectivity index (χ0v) is 14.6. The maximum atomic E-state index is 5.45. The van der Waals surface area contributed by atoms with Gasteiger partial charge in [-0.25, -0.2) is 0 Å². The highest BCUT2D eigenvalue weighted by Crippen LogP contribution is 1.86. The van der Waals surface area contributed by atoms with Crippen molar-refractivity contribution in [2.75, 3.05) is 79.2 Å². The summed E-state index contributed by atoms with van der Waals surface area (Å²) in [6.07, 6.45) is 0. The number of hydrogen-bond donors (Lipinski definition) is 1. The van der Waals surface area contributed by atoms with Gasteiger partial charge in [-0.3, -0.25) is 0 Å². The molecule has 0 saturated carbocycles. The summed E-state index contributed by atoms with van der Waals surface area (Å²) in [5, 5.41) is 3.33. The molecule has 0 aliphatic carbocycles. The van der Waals surface area contributed by atoms with Crippen LogP contribution in [0.1, 0.15) is 20.8 Å². The van der Waals surface area contributed by atoms with Crippen molar-refractivity contribution in [2.24, 2.45) is 5.92 Å². The molecule has 134 valence electrons.